The van der Waals surface area contributed by atoms with E-state index >= 15 is 0 Å². The van der Waals surface area contributed by atoms with Crippen LogP contribution >= 0.6 is 11.6 Å². The van der Waals surface area contributed by atoms with Crippen LogP contribution in [0.25, 0.3) is 0 Å². The minimum atomic E-state index is -2.95. The SMILES string of the molecule is O=[N+]([O-])c1cc(Cl)cnc1NCC1CCS(=O)(=O)C1. The lowest BCUT2D eigenvalue weighted by Gasteiger charge is -2.10. The number of rotatable bonds is 4. The molecule has 9 heteroatoms. The van der Waals surface area contributed by atoms with Gasteiger partial charge in [0.25, 0.3) is 0 Å². The van der Waals surface area contributed by atoms with E-state index in [2.05, 4.69) is 10.3 Å². The third-order valence-electron chi connectivity index (χ3n) is 2.92. The summed E-state index contributed by atoms with van der Waals surface area (Å²) in [5.41, 5.74) is -0.214. The molecule has 1 unspecified atom stereocenters. The zero-order valence-electron chi connectivity index (χ0n) is 9.87. The van der Waals surface area contributed by atoms with E-state index in [4.69, 9.17) is 11.6 Å². The van der Waals surface area contributed by atoms with Crippen molar-refractivity contribution < 1.29 is 13.3 Å². The summed E-state index contributed by atoms with van der Waals surface area (Å²) in [7, 11) is -2.95. The van der Waals surface area contributed by atoms with Crippen LogP contribution in [-0.4, -0.2) is 36.4 Å². The Morgan fingerprint density at radius 1 is 1.58 bits per heavy atom. The van der Waals surface area contributed by atoms with E-state index < -0.39 is 14.8 Å². The third kappa shape index (κ3) is 3.54. The number of aromatic nitrogens is 1. The molecule has 1 saturated heterocycles. The van der Waals surface area contributed by atoms with Crippen molar-refractivity contribution in [1.29, 1.82) is 0 Å². The van der Waals surface area contributed by atoms with Crippen molar-refractivity contribution in [2.45, 2.75) is 6.42 Å². The van der Waals surface area contributed by atoms with E-state index in [0.29, 0.717) is 13.0 Å². The minimum Gasteiger partial charge on any atom is -0.364 e. The lowest BCUT2D eigenvalue weighted by atomic mass is 10.1. The molecule has 1 N–H and O–H groups in total. The fraction of sp³-hybridized carbons (Fsp3) is 0.500. The maximum Gasteiger partial charge on any atom is 0.312 e. The van der Waals surface area contributed by atoms with Crippen molar-refractivity contribution in [1.82, 2.24) is 4.98 Å². The molecule has 2 heterocycles. The molecule has 0 aliphatic carbocycles. The second kappa shape index (κ2) is 5.30. The van der Waals surface area contributed by atoms with Crippen LogP contribution < -0.4 is 5.32 Å². The van der Waals surface area contributed by atoms with Gasteiger partial charge in [0.15, 0.2) is 9.84 Å². The van der Waals surface area contributed by atoms with Gasteiger partial charge < -0.3 is 5.32 Å². The summed E-state index contributed by atoms with van der Waals surface area (Å²) in [5.74, 6) is 0.359. The number of pyridine rings is 1. The first-order chi connectivity index (χ1) is 8.87. The first-order valence-electron chi connectivity index (χ1n) is 5.61. The predicted octanol–water partition coefficient (Wildman–Crippen LogP) is 1.49. The Kier molecular flexibility index (Phi) is 3.91. The lowest BCUT2D eigenvalue weighted by molar-refractivity contribution is -0.384. The zero-order valence-corrected chi connectivity index (χ0v) is 11.4. The van der Waals surface area contributed by atoms with E-state index in [0.717, 1.165) is 0 Å². The van der Waals surface area contributed by atoms with Gasteiger partial charge in [-0.1, -0.05) is 11.6 Å². The fourth-order valence-electron chi connectivity index (χ4n) is 1.98. The summed E-state index contributed by atoms with van der Waals surface area (Å²) in [6.07, 6.45) is 1.87. The van der Waals surface area contributed by atoms with Crippen molar-refractivity contribution in [3.63, 3.8) is 0 Å². The van der Waals surface area contributed by atoms with Gasteiger partial charge in [0.2, 0.25) is 5.82 Å². The molecule has 0 spiro atoms. The average Bonchev–Trinajstić information content (AvgIpc) is 2.67. The monoisotopic (exact) mass is 305 g/mol. The molecule has 19 heavy (non-hydrogen) atoms. The molecule has 1 aliphatic heterocycles. The van der Waals surface area contributed by atoms with Crippen molar-refractivity contribution in [2.24, 2.45) is 5.92 Å². The molecule has 1 atom stereocenters. The fourth-order valence-corrected chi connectivity index (χ4v) is 3.99. The van der Waals surface area contributed by atoms with Crippen LogP contribution in [0.5, 0.6) is 0 Å². The van der Waals surface area contributed by atoms with Crippen molar-refractivity contribution in [3.8, 4) is 0 Å². The summed E-state index contributed by atoms with van der Waals surface area (Å²) in [6, 6.07) is 1.21. The summed E-state index contributed by atoms with van der Waals surface area (Å²) in [4.78, 5) is 14.1. The highest BCUT2D eigenvalue weighted by Crippen LogP contribution is 2.26. The van der Waals surface area contributed by atoms with Gasteiger partial charge in [-0.2, -0.15) is 0 Å². The van der Waals surface area contributed by atoms with Gasteiger partial charge in [0.05, 0.1) is 21.5 Å². The Morgan fingerprint density at radius 2 is 2.32 bits per heavy atom. The van der Waals surface area contributed by atoms with E-state index in [1.165, 1.54) is 12.3 Å². The normalized spacial score (nSPS) is 21.2. The quantitative estimate of drug-likeness (QED) is 0.668. The molecule has 1 aliphatic rings. The van der Waals surface area contributed by atoms with Crippen LogP contribution in [-0.2, 0) is 9.84 Å². The maximum absolute atomic E-state index is 11.3. The van der Waals surface area contributed by atoms with Crippen LogP contribution in [0.2, 0.25) is 5.02 Å². The standard InChI is InChI=1S/C10H12ClN3O4S/c11-8-3-9(14(15)16)10(13-5-8)12-4-7-1-2-19(17,18)6-7/h3,5,7H,1-2,4,6H2,(H,12,13). The van der Waals surface area contributed by atoms with Crippen LogP contribution in [0, 0.1) is 16.0 Å². The molecule has 0 bridgehead atoms. The van der Waals surface area contributed by atoms with Crippen LogP contribution in [0.4, 0.5) is 11.5 Å². The van der Waals surface area contributed by atoms with Gasteiger partial charge in [-0.3, -0.25) is 10.1 Å². The first-order valence-corrected chi connectivity index (χ1v) is 7.81. The van der Waals surface area contributed by atoms with Gasteiger partial charge in [-0.05, 0) is 12.3 Å². The molecule has 1 aromatic heterocycles. The average molecular weight is 306 g/mol. The molecule has 2 rings (SSSR count). The van der Waals surface area contributed by atoms with Gasteiger partial charge >= 0.3 is 5.69 Å². The molecule has 0 radical (unpaired) electrons. The second-order valence-corrected chi connectivity index (χ2v) is 7.09. The summed E-state index contributed by atoms with van der Waals surface area (Å²) < 4.78 is 22.6. The number of nitrogens with zero attached hydrogens (tertiary/aromatic N) is 2. The van der Waals surface area contributed by atoms with Gasteiger partial charge in [-0.15, -0.1) is 0 Å². The Morgan fingerprint density at radius 3 is 2.89 bits per heavy atom. The first kappa shape index (κ1) is 14.0. The smallest absolute Gasteiger partial charge is 0.312 e. The van der Waals surface area contributed by atoms with E-state index in [-0.39, 0.29) is 34.0 Å². The number of hydrogen-bond donors (Lipinski definition) is 1. The van der Waals surface area contributed by atoms with Gasteiger partial charge in [0.1, 0.15) is 0 Å². The third-order valence-corrected chi connectivity index (χ3v) is 4.96. The van der Waals surface area contributed by atoms with E-state index in [1.807, 2.05) is 0 Å². The molecular weight excluding hydrogens is 294 g/mol. The summed E-state index contributed by atoms with van der Waals surface area (Å²) in [6.45, 7) is 0.342. The number of hydrogen-bond acceptors (Lipinski definition) is 6. The number of sulfone groups is 1. The molecular formula is C10H12ClN3O4S. The highest BCUT2D eigenvalue weighted by Gasteiger charge is 2.28. The molecule has 7 nitrogen and oxygen atoms in total. The Hall–Kier alpha value is -1.41. The minimum absolute atomic E-state index is 0.0397. The summed E-state index contributed by atoms with van der Waals surface area (Å²) >= 11 is 5.65. The topological polar surface area (TPSA) is 102 Å². The second-order valence-electron chi connectivity index (χ2n) is 4.43. The van der Waals surface area contributed by atoms with Gasteiger partial charge in [0, 0.05) is 18.8 Å². The Bertz CT molecular complexity index is 605. The Labute approximate surface area is 115 Å². The predicted molar refractivity (Wildman–Crippen MR) is 71.2 cm³/mol. The number of anilines is 1. The highest BCUT2D eigenvalue weighted by atomic mass is 35.5. The molecule has 0 saturated carbocycles. The van der Waals surface area contributed by atoms with Crippen LogP contribution in [0.3, 0.4) is 0 Å². The summed E-state index contributed by atoms with van der Waals surface area (Å²) in [5, 5.41) is 13.9. The highest BCUT2D eigenvalue weighted by molar-refractivity contribution is 7.91. The zero-order chi connectivity index (χ0) is 14.0. The van der Waals surface area contributed by atoms with Gasteiger partial charge in [-0.25, -0.2) is 13.4 Å². The number of nitrogens with one attached hydrogen (secondary N) is 1. The van der Waals surface area contributed by atoms with Crippen molar-refractivity contribution >= 4 is 32.9 Å². The molecule has 104 valence electrons. The molecule has 1 fully saturated rings. The number of halogens is 1. The Balaban J connectivity index is 2.06. The van der Waals surface area contributed by atoms with E-state index in [9.17, 15) is 18.5 Å². The lowest BCUT2D eigenvalue weighted by Crippen LogP contribution is -2.17. The van der Waals surface area contributed by atoms with Crippen LogP contribution in [0.1, 0.15) is 6.42 Å². The van der Waals surface area contributed by atoms with Crippen LogP contribution in [0.15, 0.2) is 12.3 Å². The van der Waals surface area contributed by atoms with E-state index in [1.54, 1.807) is 0 Å². The largest absolute Gasteiger partial charge is 0.364 e. The number of nitro groups is 1. The molecule has 1 aromatic rings. The molecule has 0 aromatic carbocycles. The molecule has 0 amide bonds. The maximum atomic E-state index is 11.3. The van der Waals surface area contributed by atoms with Crippen molar-refractivity contribution in [2.75, 3.05) is 23.4 Å². The van der Waals surface area contributed by atoms with Crippen molar-refractivity contribution in [3.05, 3.63) is 27.4 Å².